The predicted molar refractivity (Wildman–Crippen MR) is 86.5 cm³/mol. The molecule has 3 rings (SSSR count). The fourth-order valence-electron chi connectivity index (χ4n) is 2.46. The van der Waals surface area contributed by atoms with Crippen molar-refractivity contribution >= 4 is 17.7 Å². The summed E-state index contributed by atoms with van der Waals surface area (Å²) in [6, 6.07) is 13.9. The third-order valence-electron chi connectivity index (χ3n) is 3.54. The summed E-state index contributed by atoms with van der Waals surface area (Å²) in [4.78, 5) is 10.8. The minimum Gasteiger partial charge on any atom is -0.481 e. The van der Waals surface area contributed by atoms with Gasteiger partial charge in [-0.05, 0) is 35.7 Å². The van der Waals surface area contributed by atoms with Crippen LogP contribution in [-0.4, -0.2) is 23.6 Å². The normalized spacial score (nSPS) is 13.9. The van der Waals surface area contributed by atoms with Crippen LogP contribution in [0.3, 0.4) is 0 Å². The average molecular weight is 316 g/mol. The summed E-state index contributed by atoms with van der Waals surface area (Å²) in [5, 5.41) is 8.95. The molecule has 2 aromatic carbocycles. The van der Waals surface area contributed by atoms with Gasteiger partial charge in [-0.2, -0.15) is 0 Å². The number of carboxylic acids is 1. The van der Waals surface area contributed by atoms with Gasteiger partial charge in [-0.3, -0.25) is 4.79 Å². The smallest absolute Gasteiger partial charge is 0.313 e. The Kier molecular flexibility index (Phi) is 4.24. The Morgan fingerprint density at radius 2 is 2.00 bits per heavy atom. The molecule has 114 valence electrons. The first kappa shape index (κ1) is 14.8. The average Bonchev–Trinajstić information content (AvgIpc) is 3.00. The molecular formula is C17H16O4S. The van der Waals surface area contributed by atoms with Crippen LogP contribution >= 0.6 is 11.8 Å². The number of carboxylic acid groups (broad SMARTS) is 1. The quantitative estimate of drug-likeness (QED) is 0.905. The summed E-state index contributed by atoms with van der Waals surface area (Å²) in [6.45, 7) is 2.28. The molecule has 22 heavy (non-hydrogen) atoms. The fourth-order valence-corrected chi connectivity index (χ4v) is 3.24. The molecule has 0 radical (unpaired) electrons. The van der Waals surface area contributed by atoms with E-state index in [0.29, 0.717) is 0 Å². The van der Waals surface area contributed by atoms with E-state index < -0.39 is 5.97 Å². The Morgan fingerprint density at radius 3 is 2.82 bits per heavy atom. The number of rotatable bonds is 5. The number of fused-ring (bicyclic) bond motifs is 1. The highest BCUT2D eigenvalue weighted by Gasteiger charge is 2.17. The molecule has 0 amide bonds. The lowest BCUT2D eigenvalue weighted by atomic mass is 9.97. The summed E-state index contributed by atoms with van der Waals surface area (Å²) < 4.78 is 10.8. The molecule has 1 heterocycles. The van der Waals surface area contributed by atoms with Crippen molar-refractivity contribution in [3.8, 4) is 22.6 Å². The SMILES string of the molecule is CC(SCC(=O)O)c1ccccc1-c1ccc2c(c1)OCO2. The van der Waals surface area contributed by atoms with E-state index >= 15 is 0 Å². The van der Waals surface area contributed by atoms with E-state index in [4.69, 9.17) is 14.6 Å². The van der Waals surface area contributed by atoms with Crippen LogP contribution in [0.1, 0.15) is 17.7 Å². The van der Waals surface area contributed by atoms with Crippen molar-refractivity contribution in [2.45, 2.75) is 12.2 Å². The van der Waals surface area contributed by atoms with Gasteiger partial charge >= 0.3 is 5.97 Å². The van der Waals surface area contributed by atoms with Crippen LogP contribution in [0, 0.1) is 0 Å². The Labute approximate surface area is 133 Å². The third kappa shape index (κ3) is 3.04. The van der Waals surface area contributed by atoms with Crippen molar-refractivity contribution < 1.29 is 19.4 Å². The summed E-state index contributed by atoms with van der Waals surface area (Å²) in [5.41, 5.74) is 3.25. The van der Waals surface area contributed by atoms with Gasteiger partial charge in [0.25, 0.3) is 0 Å². The number of hydrogen-bond acceptors (Lipinski definition) is 4. The Morgan fingerprint density at radius 1 is 1.23 bits per heavy atom. The molecule has 1 unspecified atom stereocenters. The number of benzene rings is 2. The van der Waals surface area contributed by atoms with E-state index in [0.717, 1.165) is 28.2 Å². The van der Waals surface area contributed by atoms with Crippen molar-refractivity contribution in [3.63, 3.8) is 0 Å². The number of thioether (sulfide) groups is 1. The van der Waals surface area contributed by atoms with Gasteiger partial charge in [0.15, 0.2) is 11.5 Å². The highest BCUT2D eigenvalue weighted by molar-refractivity contribution is 8.00. The molecule has 0 spiro atoms. The molecule has 1 N–H and O–H groups in total. The first-order chi connectivity index (χ1) is 10.6. The molecule has 2 aromatic rings. The Hall–Kier alpha value is -2.14. The van der Waals surface area contributed by atoms with E-state index in [1.54, 1.807) is 0 Å². The lowest BCUT2D eigenvalue weighted by molar-refractivity contribution is -0.133. The third-order valence-corrected chi connectivity index (χ3v) is 4.71. The van der Waals surface area contributed by atoms with Crippen LogP contribution in [0.5, 0.6) is 11.5 Å². The summed E-state index contributed by atoms with van der Waals surface area (Å²) >= 11 is 1.42. The van der Waals surface area contributed by atoms with Gasteiger partial charge < -0.3 is 14.6 Å². The molecule has 4 nitrogen and oxygen atoms in total. The Balaban J connectivity index is 1.92. The van der Waals surface area contributed by atoms with E-state index in [-0.39, 0.29) is 17.8 Å². The van der Waals surface area contributed by atoms with Gasteiger partial charge in [0.05, 0.1) is 5.75 Å². The van der Waals surface area contributed by atoms with Crippen molar-refractivity contribution in [1.29, 1.82) is 0 Å². The van der Waals surface area contributed by atoms with Crippen LogP contribution in [0.15, 0.2) is 42.5 Å². The van der Waals surface area contributed by atoms with Crippen molar-refractivity contribution in [2.75, 3.05) is 12.5 Å². The van der Waals surface area contributed by atoms with Crippen LogP contribution < -0.4 is 9.47 Å². The highest BCUT2D eigenvalue weighted by Crippen LogP contribution is 2.40. The molecule has 0 bridgehead atoms. The van der Waals surface area contributed by atoms with Crippen LogP contribution in [0.4, 0.5) is 0 Å². The maximum atomic E-state index is 10.8. The summed E-state index contributed by atoms with van der Waals surface area (Å²) in [5.74, 6) is 0.807. The van der Waals surface area contributed by atoms with Crippen LogP contribution in [0.25, 0.3) is 11.1 Å². The molecule has 1 atom stereocenters. The first-order valence-electron chi connectivity index (χ1n) is 6.97. The number of hydrogen-bond donors (Lipinski definition) is 1. The molecular weight excluding hydrogens is 300 g/mol. The Bertz CT molecular complexity index is 699. The van der Waals surface area contributed by atoms with E-state index in [9.17, 15) is 4.79 Å². The lowest BCUT2D eigenvalue weighted by Crippen LogP contribution is -2.01. The standard InChI is InChI=1S/C17H16O4S/c1-11(22-9-17(18)19)13-4-2-3-5-14(13)12-6-7-15-16(8-12)21-10-20-15/h2-8,11H,9-10H2,1H3,(H,18,19). The highest BCUT2D eigenvalue weighted by atomic mass is 32.2. The maximum Gasteiger partial charge on any atom is 0.313 e. The second-order valence-corrected chi connectivity index (χ2v) is 6.33. The zero-order chi connectivity index (χ0) is 15.5. The summed E-state index contributed by atoms with van der Waals surface area (Å²) in [6.07, 6.45) is 0. The largest absolute Gasteiger partial charge is 0.481 e. The zero-order valence-corrected chi connectivity index (χ0v) is 12.9. The van der Waals surface area contributed by atoms with Gasteiger partial charge in [0, 0.05) is 5.25 Å². The molecule has 0 aromatic heterocycles. The minimum atomic E-state index is -0.794. The second-order valence-electron chi connectivity index (χ2n) is 5.00. The van der Waals surface area contributed by atoms with Gasteiger partial charge in [-0.25, -0.2) is 0 Å². The zero-order valence-electron chi connectivity index (χ0n) is 12.1. The van der Waals surface area contributed by atoms with Gasteiger partial charge in [-0.1, -0.05) is 30.3 Å². The molecule has 0 saturated heterocycles. The minimum absolute atomic E-state index is 0.0939. The monoisotopic (exact) mass is 316 g/mol. The van der Waals surface area contributed by atoms with Crippen molar-refractivity contribution in [1.82, 2.24) is 0 Å². The molecule has 0 fully saturated rings. The number of carbonyl (C=O) groups is 1. The van der Waals surface area contributed by atoms with Gasteiger partial charge in [-0.15, -0.1) is 11.8 Å². The first-order valence-corrected chi connectivity index (χ1v) is 8.02. The van der Waals surface area contributed by atoms with E-state index in [1.165, 1.54) is 11.8 Å². The fraction of sp³-hybridized carbons (Fsp3) is 0.235. The van der Waals surface area contributed by atoms with Crippen molar-refractivity contribution in [3.05, 3.63) is 48.0 Å². The molecule has 5 heteroatoms. The van der Waals surface area contributed by atoms with Crippen LogP contribution in [-0.2, 0) is 4.79 Å². The van der Waals surface area contributed by atoms with E-state index in [1.807, 2.05) is 49.4 Å². The number of ether oxygens (including phenoxy) is 2. The van der Waals surface area contributed by atoms with Gasteiger partial charge in [0.1, 0.15) is 0 Å². The molecule has 0 saturated carbocycles. The molecule has 1 aliphatic rings. The molecule has 1 aliphatic heterocycles. The van der Waals surface area contributed by atoms with Crippen LogP contribution in [0.2, 0.25) is 0 Å². The molecule has 0 aliphatic carbocycles. The van der Waals surface area contributed by atoms with Crippen molar-refractivity contribution in [2.24, 2.45) is 0 Å². The summed E-state index contributed by atoms with van der Waals surface area (Å²) in [7, 11) is 0. The van der Waals surface area contributed by atoms with Gasteiger partial charge in [0.2, 0.25) is 6.79 Å². The lowest BCUT2D eigenvalue weighted by Gasteiger charge is -2.16. The topological polar surface area (TPSA) is 55.8 Å². The van der Waals surface area contributed by atoms with E-state index in [2.05, 4.69) is 0 Å². The second kappa shape index (κ2) is 6.32. The number of aliphatic carboxylic acids is 1. The predicted octanol–water partition coefficient (Wildman–Crippen LogP) is 3.96. The maximum absolute atomic E-state index is 10.8.